The van der Waals surface area contributed by atoms with Gasteiger partial charge in [0, 0.05) is 12.5 Å². The smallest absolute Gasteiger partial charge is 0.305 e. The van der Waals surface area contributed by atoms with Gasteiger partial charge in [-0.25, -0.2) is 0 Å². The molecule has 0 spiro atoms. The van der Waals surface area contributed by atoms with E-state index in [2.05, 4.69) is 12.2 Å². The van der Waals surface area contributed by atoms with E-state index in [0.717, 1.165) is 25.3 Å². The standard InChI is InChI=1S/C15H29NO2/c1-3-14(12-13-9-10-13)16-11-7-5-6-8-15(17)18-4-2/h13-14,16H,3-12H2,1-2H3. The van der Waals surface area contributed by atoms with Gasteiger partial charge in [-0.2, -0.15) is 0 Å². The Morgan fingerprint density at radius 2 is 2.06 bits per heavy atom. The van der Waals surface area contributed by atoms with Crippen molar-refractivity contribution in [1.29, 1.82) is 0 Å². The molecule has 0 aromatic heterocycles. The highest BCUT2D eigenvalue weighted by molar-refractivity contribution is 5.69. The number of rotatable bonds is 11. The minimum Gasteiger partial charge on any atom is -0.466 e. The summed E-state index contributed by atoms with van der Waals surface area (Å²) in [6.07, 6.45) is 9.30. The van der Waals surface area contributed by atoms with E-state index in [1.54, 1.807) is 0 Å². The highest BCUT2D eigenvalue weighted by Gasteiger charge is 2.24. The molecular weight excluding hydrogens is 226 g/mol. The summed E-state index contributed by atoms with van der Waals surface area (Å²) >= 11 is 0. The highest BCUT2D eigenvalue weighted by Crippen LogP contribution is 2.33. The minimum absolute atomic E-state index is 0.0503. The van der Waals surface area contributed by atoms with Crippen LogP contribution >= 0.6 is 0 Å². The fourth-order valence-corrected chi connectivity index (χ4v) is 2.26. The number of esters is 1. The largest absolute Gasteiger partial charge is 0.466 e. The Balaban J connectivity index is 1.88. The van der Waals surface area contributed by atoms with Crippen LogP contribution in [0.5, 0.6) is 0 Å². The maximum absolute atomic E-state index is 11.1. The van der Waals surface area contributed by atoms with E-state index in [0.29, 0.717) is 19.1 Å². The summed E-state index contributed by atoms with van der Waals surface area (Å²) in [4.78, 5) is 11.1. The first-order chi connectivity index (χ1) is 8.76. The van der Waals surface area contributed by atoms with Crippen molar-refractivity contribution in [2.75, 3.05) is 13.2 Å². The molecule has 0 saturated heterocycles. The van der Waals surface area contributed by atoms with Gasteiger partial charge in [-0.05, 0) is 45.1 Å². The molecule has 0 aliphatic heterocycles. The van der Waals surface area contributed by atoms with Crippen LogP contribution in [0.2, 0.25) is 0 Å². The topological polar surface area (TPSA) is 38.3 Å². The van der Waals surface area contributed by atoms with E-state index in [4.69, 9.17) is 4.74 Å². The van der Waals surface area contributed by atoms with Crippen molar-refractivity contribution >= 4 is 5.97 Å². The Kier molecular flexibility index (Phi) is 8.06. The molecule has 0 aromatic carbocycles. The summed E-state index contributed by atoms with van der Waals surface area (Å²) < 4.78 is 4.90. The third-order valence-corrected chi connectivity index (χ3v) is 3.60. The van der Waals surface area contributed by atoms with Crippen LogP contribution in [0.25, 0.3) is 0 Å². The first-order valence-corrected chi connectivity index (χ1v) is 7.65. The molecule has 1 atom stereocenters. The number of unbranched alkanes of at least 4 members (excludes halogenated alkanes) is 2. The predicted octanol–water partition coefficient (Wildman–Crippen LogP) is 3.28. The van der Waals surface area contributed by atoms with Gasteiger partial charge in [0.05, 0.1) is 6.61 Å². The first-order valence-electron chi connectivity index (χ1n) is 7.65. The summed E-state index contributed by atoms with van der Waals surface area (Å²) in [5.41, 5.74) is 0. The van der Waals surface area contributed by atoms with Crippen LogP contribution in [0.15, 0.2) is 0 Å². The lowest BCUT2D eigenvalue weighted by molar-refractivity contribution is -0.143. The Morgan fingerprint density at radius 3 is 2.67 bits per heavy atom. The highest BCUT2D eigenvalue weighted by atomic mass is 16.5. The van der Waals surface area contributed by atoms with Gasteiger partial charge in [-0.3, -0.25) is 4.79 Å². The maximum atomic E-state index is 11.1. The molecular formula is C15H29NO2. The Bertz CT molecular complexity index is 227. The van der Waals surface area contributed by atoms with Crippen LogP contribution in [0.4, 0.5) is 0 Å². The van der Waals surface area contributed by atoms with Crippen LogP contribution in [0, 0.1) is 5.92 Å². The van der Waals surface area contributed by atoms with Crippen LogP contribution in [-0.4, -0.2) is 25.2 Å². The van der Waals surface area contributed by atoms with Gasteiger partial charge in [0.1, 0.15) is 0 Å². The summed E-state index contributed by atoms with van der Waals surface area (Å²) in [5.74, 6) is 0.955. The molecule has 0 heterocycles. The monoisotopic (exact) mass is 255 g/mol. The van der Waals surface area contributed by atoms with Gasteiger partial charge in [0.15, 0.2) is 0 Å². The van der Waals surface area contributed by atoms with Crippen molar-refractivity contribution in [3.05, 3.63) is 0 Å². The van der Waals surface area contributed by atoms with Crippen molar-refractivity contribution in [2.45, 2.75) is 71.3 Å². The third kappa shape index (κ3) is 7.70. The van der Waals surface area contributed by atoms with Crippen molar-refractivity contribution in [3.8, 4) is 0 Å². The second-order valence-electron chi connectivity index (χ2n) is 5.35. The first kappa shape index (κ1) is 15.5. The van der Waals surface area contributed by atoms with Gasteiger partial charge in [-0.1, -0.05) is 26.2 Å². The fourth-order valence-electron chi connectivity index (χ4n) is 2.26. The van der Waals surface area contributed by atoms with Crippen LogP contribution in [-0.2, 0) is 9.53 Å². The molecule has 1 fully saturated rings. The van der Waals surface area contributed by atoms with Gasteiger partial charge in [0.25, 0.3) is 0 Å². The lowest BCUT2D eigenvalue weighted by atomic mass is 10.1. The van der Waals surface area contributed by atoms with Crippen molar-refractivity contribution in [2.24, 2.45) is 5.92 Å². The summed E-state index contributed by atoms with van der Waals surface area (Å²) in [5, 5.41) is 3.64. The molecule has 1 rings (SSSR count). The Morgan fingerprint density at radius 1 is 1.28 bits per heavy atom. The molecule has 1 saturated carbocycles. The van der Waals surface area contributed by atoms with Crippen molar-refractivity contribution in [1.82, 2.24) is 5.32 Å². The summed E-state index contributed by atoms with van der Waals surface area (Å²) in [6.45, 7) is 5.71. The second kappa shape index (κ2) is 9.37. The molecule has 3 heteroatoms. The predicted molar refractivity (Wildman–Crippen MR) is 74.5 cm³/mol. The molecule has 3 nitrogen and oxygen atoms in total. The normalized spacial score (nSPS) is 16.6. The van der Waals surface area contributed by atoms with Crippen LogP contribution in [0.3, 0.4) is 0 Å². The number of nitrogens with one attached hydrogen (secondary N) is 1. The van der Waals surface area contributed by atoms with Crippen LogP contribution < -0.4 is 5.32 Å². The number of hydrogen-bond donors (Lipinski definition) is 1. The van der Waals surface area contributed by atoms with E-state index < -0.39 is 0 Å². The number of ether oxygens (including phenoxy) is 1. The zero-order chi connectivity index (χ0) is 13.2. The minimum atomic E-state index is -0.0503. The molecule has 1 unspecified atom stereocenters. The molecule has 1 aliphatic carbocycles. The molecule has 106 valence electrons. The summed E-state index contributed by atoms with van der Waals surface area (Å²) in [6, 6.07) is 0.711. The van der Waals surface area contributed by atoms with E-state index in [-0.39, 0.29) is 5.97 Å². The molecule has 1 aliphatic rings. The molecule has 0 amide bonds. The summed E-state index contributed by atoms with van der Waals surface area (Å²) in [7, 11) is 0. The molecule has 1 N–H and O–H groups in total. The van der Waals surface area contributed by atoms with E-state index >= 15 is 0 Å². The lowest BCUT2D eigenvalue weighted by Crippen LogP contribution is -2.29. The average Bonchev–Trinajstić information content (AvgIpc) is 3.16. The second-order valence-corrected chi connectivity index (χ2v) is 5.35. The van der Waals surface area contributed by atoms with E-state index in [1.165, 1.54) is 32.1 Å². The molecule has 0 aromatic rings. The maximum Gasteiger partial charge on any atom is 0.305 e. The van der Waals surface area contributed by atoms with Gasteiger partial charge < -0.3 is 10.1 Å². The van der Waals surface area contributed by atoms with Crippen molar-refractivity contribution < 1.29 is 9.53 Å². The van der Waals surface area contributed by atoms with Gasteiger partial charge in [-0.15, -0.1) is 0 Å². The Hall–Kier alpha value is -0.570. The number of hydrogen-bond acceptors (Lipinski definition) is 3. The van der Waals surface area contributed by atoms with Gasteiger partial charge in [0.2, 0.25) is 0 Å². The quantitative estimate of drug-likeness (QED) is 0.455. The van der Waals surface area contributed by atoms with Crippen LogP contribution in [0.1, 0.15) is 65.2 Å². The van der Waals surface area contributed by atoms with E-state index in [9.17, 15) is 4.79 Å². The lowest BCUT2D eigenvalue weighted by Gasteiger charge is -2.16. The van der Waals surface area contributed by atoms with Gasteiger partial charge >= 0.3 is 5.97 Å². The number of carbonyl (C=O) groups excluding carboxylic acids is 1. The molecule has 0 bridgehead atoms. The molecule has 0 radical (unpaired) electrons. The third-order valence-electron chi connectivity index (χ3n) is 3.60. The average molecular weight is 255 g/mol. The zero-order valence-electron chi connectivity index (χ0n) is 12.0. The van der Waals surface area contributed by atoms with E-state index in [1.807, 2.05) is 6.92 Å². The SMILES string of the molecule is CCOC(=O)CCCCCNC(CC)CC1CC1. The molecule has 18 heavy (non-hydrogen) atoms. The van der Waals surface area contributed by atoms with Crippen molar-refractivity contribution in [3.63, 3.8) is 0 Å². The number of carbonyl (C=O) groups is 1. The Labute approximate surface area is 112 Å². The zero-order valence-corrected chi connectivity index (χ0v) is 12.0. The fraction of sp³-hybridized carbons (Fsp3) is 0.933.